The van der Waals surface area contributed by atoms with E-state index in [9.17, 15) is 0 Å². The highest BCUT2D eigenvalue weighted by atomic mass is 15.1. The van der Waals surface area contributed by atoms with E-state index in [0.29, 0.717) is 0 Å². The molecule has 0 saturated heterocycles. The molecular formula is C45H36N2. The summed E-state index contributed by atoms with van der Waals surface area (Å²) < 4.78 is 0. The predicted molar refractivity (Wildman–Crippen MR) is 197 cm³/mol. The van der Waals surface area contributed by atoms with Gasteiger partial charge in [0.25, 0.3) is 0 Å². The van der Waals surface area contributed by atoms with Gasteiger partial charge in [0.05, 0.1) is 0 Å². The number of rotatable bonds is 4. The van der Waals surface area contributed by atoms with E-state index in [2.05, 4.69) is 171 Å². The van der Waals surface area contributed by atoms with E-state index < -0.39 is 0 Å². The Morgan fingerprint density at radius 3 is 1.57 bits per heavy atom. The second-order valence-corrected chi connectivity index (χ2v) is 14.1. The van der Waals surface area contributed by atoms with E-state index in [1.807, 2.05) is 12.4 Å². The first kappa shape index (κ1) is 27.8. The minimum absolute atomic E-state index is 0.0346. The Kier molecular flexibility index (Phi) is 5.92. The van der Waals surface area contributed by atoms with Crippen molar-refractivity contribution in [3.05, 3.63) is 168 Å². The molecule has 2 nitrogen and oxygen atoms in total. The van der Waals surface area contributed by atoms with Gasteiger partial charge in [-0.3, -0.25) is 4.98 Å². The molecule has 2 heteroatoms. The van der Waals surface area contributed by atoms with Gasteiger partial charge in [0.2, 0.25) is 0 Å². The average molecular weight is 605 g/mol. The van der Waals surface area contributed by atoms with Crippen LogP contribution in [-0.2, 0) is 10.8 Å². The van der Waals surface area contributed by atoms with Crippen molar-refractivity contribution in [1.82, 2.24) is 4.98 Å². The molecule has 0 unspecified atom stereocenters. The molecule has 0 fully saturated rings. The molecule has 0 saturated carbocycles. The van der Waals surface area contributed by atoms with Crippen LogP contribution in [0.15, 0.2) is 146 Å². The molecule has 226 valence electrons. The molecule has 47 heavy (non-hydrogen) atoms. The van der Waals surface area contributed by atoms with Crippen molar-refractivity contribution >= 4 is 27.8 Å². The van der Waals surface area contributed by atoms with Gasteiger partial charge in [0, 0.05) is 40.3 Å². The molecule has 0 aliphatic heterocycles. The lowest BCUT2D eigenvalue weighted by molar-refractivity contribution is 0.660. The molecule has 0 spiro atoms. The normalized spacial score (nSPS) is 14.7. The summed E-state index contributed by atoms with van der Waals surface area (Å²) in [4.78, 5) is 6.64. The van der Waals surface area contributed by atoms with Crippen LogP contribution in [0.25, 0.3) is 44.2 Å². The molecule has 0 bridgehead atoms. The predicted octanol–water partition coefficient (Wildman–Crippen LogP) is 12.0. The van der Waals surface area contributed by atoms with Crippen molar-refractivity contribution in [2.45, 2.75) is 38.5 Å². The second-order valence-electron chi connectivity index (χ2n) is 14.1. The van der Waals surface area contributed by atoms with Crippen molar-refractivity contribution < 1.29 is 0 Å². The monoisotopic (exact) mass is 604 g/mol. The Labute approximate surface area is 277 Å². The first-order valence-corrected chi connectivity index (χ1v) is 16.5. The highest BCUT2D eigenvalue weighted by Gasteiger charge is 2.37. The molecule has 9 rings (SSSR count). The van der Waals surface area contributed by atoms with E-state index in [0.717, 1.165) is 22.6 Å². The zero-order valence-corrected chi connectivity index (χ0v) is 27.3. The van der Waals surface area contributed by atoms with E-state index in [1.165, 1.54) is 60.8 Å². The largest absolute Gasteiger partial charge is 0.310 e. The Balaban J connectivity index is 1.24. The smallest absolute Gasteiger partial charge is 0.0468 e. The molecule has 0 atom stereocenters. The van der Waals surface area contributed by atoms with Crippen LogP contribution in [0.1, 0.15) is 49.9 Å². The highest BCUT2D eigenvalue weighted by Crippen LogP contribution is 2.53. The molecule has 1 aromatic heterocycles. The number of nitrogens with zero attached hydrogens (tertiary/aromatic N) is 2. The molecule has 7 aromatic rings. The molecule has 0 radical (unpaired) electrons. The van der Waals surface area contributed by atoms with Crippen molar-refractivity contribution in [3.63, 3.8) is 0 Å². The van der Waals surface area contributed by atoms with Gasteiger partial charge in [0.1, 0.15) is 0 Å². The van der Waals surface area contributed by atoms with Crippen molar-refractivity contribution in [2.75, 3.05) is 4.90 Å². The third-order valence-electron chi connectivity index (χ3n) is 10.7. The van der Waals surface area contributed by atoms with E-state index in [4.69, 9.17) is 0 Å². The molecule has 0 amide bonds. The summed E-state index contributed by atoms with van der Waals surface area (Å²) in [6.45, 7) is 9.41. The standard InChI is InChI=1S/C45H36N2/c1-44(2)40-12-8-7-11-36(40)38-27-34(17-19-41(38)44)47(33-15-13-29(14-16-33)30-21-23-46-24-22-30)35-18-20-42-39(28-35)37-25-31-9-5-6-10-32(31)26-43(37)45(42,3)4/h5-28H,1-4H3. The van der Waals surface area contributed by atoms with Crippen LogP contribution >= 0.6 is 0 Å². The Morgan fingerprint density at radius 1 is 0.404 bits per heavy atom. The lowest BCUT2D eigenvalue weighted by Crippen LogP contribution is -2.16. The minimum atomic E-state index is -0.0763. The van der Waals surface area contributed by atoms with Crippen LogP contribution in [0.2, 0.25) is 0 Å². The van der Waals surface area contributed by atoms with Gasteiger partial charge in [0.15, 0.2) is 0 Å². The topological polar surface area (TPSA) is 16.1 Å². The number of anilines is 3. The fourth-order valence-electron chi connectivity index (χ4n) is 8.21. The molecule has 2 aliphatic carbocycles. The molecular weight excluding hydrogens is 569 g/mol. The Morgan fingerprint density at radius 2 is 0.894 bits per heavy atom. The van der Waals surface area contributed by atoms with Gasteiger partial charge in [-0.15, -0.1) is 0 Å². The van der Waals surface area contributed by atoms with Crippen LogP contribution in [0.4, 0.5) is 17.1 Å². The van der Waals surface area contributed by atoms with Gasteiger partial charge in [-0.05, 0) is 127 Å². The number of pyridine rings is 1. The third kappa shape index (κ3) is 4.14. The third-order valence-corrected chi connectivity index (χ3v) is 10.7. The lowest BCUT2D eigenvalue weighted by atomic mass is 9.82. The summed E-state index contributed by atoms with van der Waals surface area (Å²) in [6.07, 6.45) is 3.71. The van der Waals surface area contributed by atoms with Crippen LogP contribution in [0, 0.1) is 0 Å². The maximum absolute atomic E-state index is 4.21. The van der Waals surface area contributed by atoms with E-state index >= 15 is 0 Å². The fourth-order valence-corrected chi connectivity index (χ4v) is 8.21. The number of aromatic nitrogens is 1. The van der Waals surface area contributed by atoms with Gasteiger partial charge in [-0.2, -0.15) is 0 Å². The molecule has 2 aliphatic rings. The molecule has 1 heterocycles. The van der Waals surface area contributed by atoms with Crippen molar-refractivity contribution in [1.29, 1.82) is 0 Å². The average Bonchev–Trinajstić information content (AvgIpc) is 3.47. The number of hydrogen-bond donors (Lipinski definition) is 0. The highest BCUT2D eigenvalue weighted by molar-refractivity contribution is 5.95. The van der Waals surface area contributed by atoms with Crippen LogP contribution in [0.3, 0.4) is 0 Å². The Hall–Kier alpha value is -5.47. The Bertz CT molecular complexity index is 2350. The number of hydrogen-bond acceptors (Lipinski definition) is 2. The summed E-state index contributed by atoms with van der Waals surface area (Å²) >= 11 is 0. The summed E-state index contributed by atoms with van der Waals surface area (Å²) in [6, 6.07) is 49.6. The first-order chi connectivity index (χ1) is 22.8. The van der Waals surface area contributed by atoms with E-state index in [1.54, 1.807) is 0 Å². The fraction of sp³-hybridized carbons (Fsp3) is 0.133. The van der Waals surface area contributed by atoms with Gasteiger partial charge in [-0.1, -0.05) is 100 Å². The quantitative estimate of drug-likeness (QED) is 0.199. The number of benzene rings is 6. The SMILES string of the molecule is CC1(C)c2ccccc2-c2cc(N(c3ccc(-c4ccncc4)cc3)c3ccc4c(c3)-c3cc5ccccc5cc3C4(C)C)ccc21. The zero-order valence-electron chi connectivity index (χ0n) is 27.3. The molecule has 6 aromatic carbocycles. The van der Waals surface area contributed by atoms with Gasteiger partial charge < -0.3 is 4.90 Å². The van der Waals surface area contributed by atoms with Gasteiger partial charge in [-0.25, -0.2) is 0 Å². The maximum atomic E-state index is 4.21. The summed E-state index contributed by atoms with van der Waals surface area (Å²) in [5.41, 5.74) is 16.5. The number of fused-ring (bicyclic) bond motifs is 7. The van der Waals surface area contributed by atoms with E-state index in [-0.39, 0.29) is 10.8 Å². The summed E-state index contributed by atoms with van der Waals surface area (Å²) in [5.74, 6) is 0. The van der Waals surface area contributed by atoms with Gasteiger partial charge >= 0.3 is 0 Å². The first-order valence-electron chi connectivity index (χ1n) is 16.5. The second kappa shape index (κ2) is 10.0. The van der Waals surface area contributed by atoms with Crippen LogP contribution < -0.4 is 4.90 Å². The van der Waals surface area contributed by atoms with Crippen LogP contribution in [-0.4, -0.2) is 4.98 Å². The zero-order chi connectivity index (χ0) is 31.9. The molecule has 0 N–H and O–H groups in total. The summed E-state index contributed by atoms with van der Waals surface area (Å²) in [7, 11) is 0. The minimum Gasteiger partial charge on any atom is -0.310 e. The van der Waals surface area contributed by atoms with Crippen LogP contribution in [0.5, 0.6) is 0 Å². The van der Waals surface area contributed by atoms with Crippen molar-refractivity contribution in [2.24, 2.45) is 0 Å². The maximum Gasteiger partial charge on any atom is 0.0468 e. The lowest BCUT2D eigenvalue weighted by Gasteiger charge is -2.28. The van der Waals surface area contributed by atoms with Crippen molar-refractivity contribution in [3.8, 4) is 33.4 Å². The summed E-state index contributed by atoms with van der Waals surface area (Å²) in [5, 5.41) is 2.58.